The molecule has 0 radical (unpaired) electrons. The Labute approximate surface area is 192 Å². The Balaban J connectivity index is 1.61. The lowest BCUT2D eigenvalue weighted by Gasteiger charge is -2.31. The molecule has 2 amide bonds. The minimum atomic E-state index is -3.77. The highest BCUT2D eigenvalue weighted by Gasteiger charge is 2.33. The molecule has 1 aliphatic rings. The number of hydrogen-bond donors (Lipinski definition) is 3. The van der Waals surface area contributed by atoms with Gasteiger partial charge in [-0.25, -0.2) is 12.8 Å². The number of nitrogens with one attached hydrogen (secondary N) is 2. The van der Waals surface area contributed by atoms with Crippen molar-refractivity contribution in [3.63, 3.8) is 0 Å². The van der Waals surface area contributed by atoms with Gasteiger partial charge in [0.2, 0.25) is 21.8 Å². The van der Waals surface area contributed by atoms with Crippen LogP contribution in [0.5, 0.6) is 0 Å². The second-order valence-corrected chi connectivity index (χ2v) is 9.84. The Kier molecular flexibility index (Phi) is 8.54. The van der Waals surface area contributed by atoms with Crippen LogP contribution in [-0.2, 0) is 26.0 Å². The van der Waals surface area contributed by atoms with Crippen molar-refractivity contribution in [3.05, 3.63) is 66.0 Å². The molecule has 0 aliphatic carbocycles. The number of aliphatic hydroxyl groups excluding tert-OH is 1. The predicted octanol–water partition coefficient (Wildman–Crippen LogP) is 1.06. The SMILES string of the molecule is O=C(N[C@H](Cc1ccccc1)C(=O)NCCO)C1CCN(S(=O)(=O)c2ccc(F)cc2)CC1. The predicted molar refractivity (Wildman–Crippen MR) is 120 cm³/mol. The van der Waals surface area contributed by atoms with Gasteiger partial charge in [-0.2, -0.15) is 4.31 Å². The largest absolute Gasteiger partial charge is 0.395 e. The first-order valence-electron chi connectivity index (χ1n) is 10.8. The first kappa shape index (κ1) is 24.8. The normalized spacial score (nSPS) is 16.2. The van der Waals surface area contributed by atoms with Gasteiger partial charge in [-0.3, -0.25) is 9.59 Å². The van der Waals surface area contributed by atoms with Crippen LogP contribution in [0.1, 0.15) is 18.4 Å². The average molecular weight is 478 g/mol. The lowest BCUT2D eigenvalue weighted by atomic mass is 9.96. The summed E-state index contributed by atoms with van der Waals surface area (Å²) in [5, 5.41) is 14.4. The number of nitrogens with zero attached hydrogens (tertiary/aromatic N) is 1. The zero-order valence-corrected chi connectivity index (χ0v) is 18.9. The first-order valence-corrected chi connectivity index (χ1v) is 12.2. The van der Waals surface area contributed by atoms with Gasteiger partial charge in [0.1, 0.15) is 11.9 Å². The fraction of sp³-hybridized carbons (Fsp3) is 0.391. The monoisotopic (exact) mass is 477 g/mol. The third kappa shape index (κ3) is 6.59. The molecule has 2 aromatic carbocycles. The summed E-state index contributed by atoms with van der Waals surface area (Å²) >= 11 is 0. The molecule has 0 aromatic heterocycles. The molecule has 1 atom stereocenters. The summed E-state index contributed by atoms with van der Waals surface area (Å²) in [7, 11) is -3.77. The number of halogens is 1. The van der Waals surface area contributed by atoms with E-state index in [0.717, 1.165) is 17.7 Å². The summed E-state index contributed by atoms with van der Waals surface area (Å²) in [6.07, 6.45) is 0.910. The third-order valence-electron chi connectivity index (χ3n) is 5.60. The maximum atomic E-state index is 13.1. The van der Waals surface area contributed by atoms with Crippen LogP contribution in [0.3, 0.4) is 0 Å². The molecule has 3 N–H and O–H groups in total. The molecular weight excluding hydrogens is 449 g/mol. The Morgan fingerprint density at radius 1 is 1.06 bits per heavy atom. The van der Waals surface area contributed by atoms with Crippen molar-refractivity contribution in [2.75, 3.05) is 26.2 Å². The summed E-state index contributed by atoms with van der Waals surface area (Å²) in [6, 6.07) is 13.1. The molecule has 3 rings (SSSR count). The number of aliphatic hydroxyl groups is 1. The molecule has 0 saturated carbocycles. The van der Waals surface area contributed by atoms with E-state index in [-0.39, 0.29) is 37.0 Å². The lowest BCUT2D eigenvalue weighted by Crippen LogP contribution is -2.51. The van der Waals surface area contributed by atoms with E-state index in [2.05, 4.69) is 10.6 Å². The summed E-state index contributed by atoms with van der Waals surface area (Å²) in [6.45, 7) is 0.175. The molecule has 2 aromatic rings. The van der Waals surface area contributed by atoms with E-state index in [9.17, 15) is 22.4 Å². The molecule has 8 nitrogen and oxygen atoms in total. The number of carbonyl (C=O) groups is 2. The van der Waals surface area contributed by atoms with Crippen molar-refractivity contribution in [2.45, 2.75) is 30.2 Å². The number of amides is 2. The van der Waals surface area contributed by atoms with Crippen molar-refractivity contribution in [1.82, 2.24) is 14.9 Å². The Morgan fingerprint density at radius 2 is 1.70 bits per heavy atom. The zero-order chi connectivity index (χ0) is 23.8. The van der Waals surface area contributed by atoms with Gasteiger partial charge in [0, 0.05) is 32.0 Å². The van der Waals surface area contributed by atoms with Gasteiger partial charge in [-0.1, -0.05) is 30.3 Å². The standard InChI is InChI=1S/C23H28FN3O5S/c24-19-6-8-20(9-7-19)33(31,32)27-13-10-18(11-14-27)22(29)26-21(23(30)25-12-15-28)16-17-4-2-1-3-5-17/h1-9,18,21,28H,10-16H2,(H,25,30)(H,26,29)/t21-/m1/s1. The van der Waals surface area contributed by atoms with E-state index in [1.807, 2.05) is 30.3 Å². The van der Waals surface area contributed by atoms with Crippen molar-refractivity contribution in [3.8, 4) is 0 Å². The Morgan fingerprint density at radius 3 is 2.30 bits per heavy atom. The fourth-order valence-electron chi connectivity index (χ4n) is 3.76. The molecular formula is C23H28FN3O5S. The molecule has 0 unspecified atom stereocenters. The van der Waals surface area contributed by atoms with Gasteiger partial charge in [0.05, 0.1) is 11.5 Å². The molecule has 178 valence electrons. The number of piperidine rings is 1. The summed E-state index contributed by atoms with van der Waals surface area (Å²) < 4.78 is 40.0. The van der Waals surface area contributed by atoms with Crippen LogP contribution in [0, 0.1) is 11.7 Å². The maximum absolute atomic E-state index is 13.1. The first-order chi connectivity index (χ1) is 15.8. The molecule has 33 heavy (non-hydrogen) atoms. The van der Waals surface area contributed by atoms with Crippen LogP contribution in [0.4, 0.5) is 4.39 Å². The molecule has 1 fully saturated rings. The van der Waals surface area contributed by atoms with Gasteiger partial charge < -0.3 is 15.7 Å². The van der Waals surface area contributed by atoms with Crippen molar-refractivity contribution < 1.29 is 27.5 Å². The smallest absolute Gasteiger partial charge is 0.243 e. The maximum Gasteiger partial charge on any atom is 0.243 e. The van der Waals surface area contributed by atoms with Gasteiger partial charge in [-0.05, 0) is 42.7 Å². The molecule has 1 aliphatic heterocycles. The van der Waals surface area contributed by atoms with Crippen molar-refractivity contribution in [1.29, 1.82) is 0 Å². The number of carbonyl (C=O) groups excluding carboxylic acids is 2. The number of hydrogen-bond acceptors (Lipinski definition) is 5. The van der Waals surface area contributed by atoms with Crippen molar-refractivity contribution >= 4 is 21.8 Å². The zero-order valence-electron chi connectivity index (χ0n) is 18.1. The second-order valence-electron chi connectivity index (χ2n) is 7.90. The van der Waals surface area contributed by atoms with E-state index in [1.54, 1.807) is 0 Å². The minimum Gasteiger partial charge on any atom is -0.395 e. The van der Waals surface area contributed by atoms with E-state index in [0.29, 0.717) is 19.3 Å². The summed E-state index contributed by atoms with van der Waals surface area (Å²) in [4.78, 5) is 25.4. The highest BCUT2D eigenvalue weighted by atomic mass is 32.2. The molecule has 10 heteroatoms. The van der Waals surface area contributed by atoms with E-state index >= 15 is 0 Å². The molecule has 1 saturated heterocycles. The van der Waals surface area contributed by atoms with Crippen LogP contribution in [0.2, 0.25) is 0 Å². The van der Waals surface area contributed by atoms with E-state index in [1.165, 1.54) is 16.4 Å². The van der Waals surface area contributed by atoms with Crippen LogP contribution in [0.15, 0.2) is 59.5 Å². The van der Waals surface area contributed by atoms with E-state index < -0.39 is 33.7 Å². The van der Waals surface area contributed by atoms with E-state index in [4.69, 9.17) is 5.11 Å². The van der Waals surface area contributed by atoms with Crippen LogP contribution < -0.4 is 10.6 Å². The topological polar surface area (TPSA) is 116 Å². The highest BCUT2D eigenvalue weighted by Crippen LogP contribution is 2.24. The molecule has 0 bridgehead atoms. The molecule has 1 heterocycles. The summed E-state index contributed by atoms with van der Waals surface area (Å²) in [5.41, 5.74) is 0.877. The number of sulfonamides is 1. The number of benzene rings is 2. The number of rotatable bonds is 9. The van der Waals surface area contributed by atoms with Gasteiger partial charge in [0.15, 0.2) is 0 Å². The van der Waals surface area contributed by atoms with Gasteiger partial charge >= 0.3 is 0 Å². The average Bonchev–Trinajstić information content (AvgIpc) is 2.83. The van der Waals surface area contributed by atoms with Gasteiger partial charge in [0.25, 0.3) is 0 Å². The molecule has 0 spiro atoms. The Bertz CT molecular complexity index is 1040. The lowest BCUT2D eigenvalue weighted by molar-refractivity contribution is -0.131. The second kappa shape index (κ2) is 11.4. The van der Waals surface area contributed by atoms with Crippen LogP contribution >= 0.6 is 0 Å². The highest BCUT2D eigenvalue weighted by molar-refractivity contribution is 7.89. The Hall–Kier alpha value is -2.82. The van der Waals surface area contributed by atoms with Gasteiger partial charge in [-0.15, -0.1) is 0 Å². The summed E-state index contributed by atoms with van der Waals surface area (Å²) in [5.74, 6) is -1.66. The van der Waals surface area contributed by atoms with Crippen molar-refractivity contribution in [2.24, 2.45) is 5.92 Å². The quantitative estimate of drug-likeness (QED) is 0.500. The third-order valence-corrected chi connectivity index (χ3v) is 7.52. The van der Waals surface area contributed by atoms with Crippen LogP contribution in [-0.4, -0.2) is 61.9 Å². The minimum absolute atomic E-state index is 0.00952. The van der Waals surface area contributed by atoms with Crippen LogP contribution in [0.25, 0.3) is 0 Å². The fourth-order valence-corrected chi connectivity index (χ4v) is 5.23.